The van der Waals surface area contributed by atoms with Crippen LogP contribution in [0.4, 0.5) is 5.69 Å². The van der Waals surface area contributed by atoms with Crippen LogP contribution in [-0.2, 0) is 24.0 Å². The molecule has 1 atom stereocenters. The second-order valence-electron chi connectivity index (χ2n) is 5.33. The zero-order valence-corrected chi connectivity index (χ0v) is 14.2. The maximum atomic E-state index is 12.0. The number of amides is 3. The molecule has 0 aliphatic carbocycles. The number of carbonyl (C=O) groups is 5. The summed E-state index contributed by atoms with van der Waals surface area (Å²) in [5.74, 6) is -4.07. The minimum absolute atomic E-state index is 0.203. The average molecular weight is 389 g/mol. The Bertz CT molecular complexity index is 883. The number of nitrogens with zero attached hydrogens (tertiary/aromatic N) is 3. The Balaban J connectivity index is 1.90. The van der Waals surface area contributed by atoms with Crippen molar-refractivity contribution < 1.29 is 29.1 Å². The first-order chi connectivity index (χ1) is 13.4. The van der Waals surface area contributed by atoms with Crippen LogP contribution in [0.1, 0.15) is 6.42 Å². The summed E-state index contributed by atoms with van der Waals surface area (Å²) in [6.07, 6.45) is -0.341. The number of nitrogens with one attached hydrogen (secondary N) is 4. The molecule has 0 saturated carbocycles. The van der Waals surface area contributed by atoms with Gasteiger partial charge in [-0.15, -0.1) is 10.2 Å². The molecule has 0 radical (unpaired) electrons. The Morgan fingerprint density at radius 3 is 2.57 bits per heavy atom. The quantitative estimate of drug-likeness (QED) is 0.252. The van der Waals surface area contributed by atoms with Gasteiger partial charge in [0.05, 0.1) is 24.7 Å². The smallest absolute Gasteiger partial charge is 0.313 e. The van der Waals surface area contributed by atoms with Crippen LogP contribution >= 0.6 is 0 Å². The summed E-state index contributed by atoms with van der Waals surface area (Å²) in [6, 6.07) is 5.18. The van der Waals surface area contributed by atoms with Gasteiger partial charge in [0.15, 0.2) is 0 Å². The topological polar surface area (TPSA) is 196 Å². The molecule has 13 nitrogen and oxygen atoms in total. The summed E-state index contributed by atoms with van der Waals surface area (Å²) < 4.78 is 0. The number of carboxylic acid groups (broad SMARTS) is 1. The van der Waals surface area contributed by atoms with Crippen molar-refractivity contribution in [1.82, 2.24) is 31.3 Å². The van der Waals surface area contributed by atoms with Gasteiger partial charge in [-0.05, 0) is 17.3 Å². The van der Waals surface area contributed by atoms with Gasteiger partial charge in [-0.2, -0.15) is 5.21 Å². The number of hydrogen-bond donors (Lipinski definition) is 5. The predicted octanol–water partition coefficient (Wildman–Crippen LogP) is -1.92. The first-order valence-corrected chi connectivity index (χ1v) is 7.79. The van der Waals surface area contributed by atoms with Gasteiger partial charge in [-0.3, -0.25) is 19.2 Å². The number of tetrazole rings is 1. The van der Waals surface area contributed by atoms with E-state index in [9.17, 15) is 24.0 Å². The molecule has 0 aliphatic rings. The number of H-pyrrole nitrogens is 1. The third kappa shape index (κ3) is 5.69. The average Bonchev–Trinajstić information content (AvgIpc) is 3.20. The van der Waals surface area contributed by atoms with E-state index in [0.29, 0.717) is 5.56 Å². The van der Waals surface area contributed by atoms with Crippen LogP contribution in [0.5, 0.6) is 0 Å². The van der Waals surface area contributed by atoms with Crippen molar-refractivity contribution in [3.63, 3.8) is 0 Å². The first-order valence-electron chi connectivity index (χ1n) is 7.79. The number of aldehydes is 1. The monoisotopic (exact) mass is 389 g/mol. The van der Waals surface area contributed by atoms with Crippen LogP contribution in [0, 0.1) is 0 Å². The highest BCUT2D eigenvalue weighted by Gasteiger charge is 2.19. The van der Waals surface area contributed by atoms with Crippen molar-refractivity contribution in [1.29, 1.82) is 0 Å². The first kappa shape index (κ1) is 20.2. The molecule has 0 spiro atoms. The van der Waals surface area contributed by atoms with Crippen molar-refractivity contribution in [2.75, 3.05) is 11.9 Å². The molecule has 2 rings (SSSR count). The molecule has 5 N–H and O–H groups in total. The van der Waals surface area contributed by atoms with E-state index in [1.807, 2.05) is 0 Å². The molecule has 2 aromatic rings. The molecular weight excluding hydrogens is 374 g/mol. The zero-order valence-electron chi connectivity index (χ0n) is 14.2. The van der Waals surface area contributed by atoms with Crippen molar-refractivity contribution in [3.8, 4) is 11.4 Å². The molecule has 0 unspecified atom stereocenters. The number of carboxylic acids is 1. The Morgan fingerprint density at radius 1 is 1.18 bits per heavy atom. The molecule has 1 heterocycles. The standard InChI is InChI=1S/C15H15N7O6/c23-7-8(5-12(25)26)17-11(24)6-16-14(27)15(28)18-10-4-2-1-3-9(10)13-19-21-22-20-13/h1-4,7-8H,5-6H2,(H,16,27)(H,17,24)(H,18,28)(H,25,26)(H,19,20,21,22)/t8-/m0/s1. The van der Waals surface area contributed by atoms with E-state index in [1.165, 1.54) is 6.07 Å². The van der Waals surface area contributed by atoms with E-state index in [4.69, 9.17) is 5.11 Å². The zero-order chi connectivity index (χ0) is 20.5. The van der Waals surface area contributed by atoms with E-state index in [-0.39, 0.29) is 17.8 Å². The Kier molecular flexibility index (Phi) is 6.85. The van der Waals surface area contributed by atoms with Gasteiger partial charge in [-0.1, -0.05) is 12.1 Å². The fourth-order valence-electron chi connectivity index (χ4n) is 2.06. The molecule has 13 heteroatoms. The lowest BCUT2D eigenvalue weighted by Gasteiger charge is -2.11. The normalized spacial score (nSPS) is 11.1. The largest absolute Gasteiger partial charge is 0.481 e. The lowest BCUT2D eigenvalue weighted by Crippen LogP contribution is -2.45. The molecule has 0 bridgehead atoms. The maximum absolute atomic E-state index is 12.0. The highest BCUT2D eigenvalue weighted by atomic mass is 16.4. The lowest BCUT2D eigenvalue weighted by atomic mass is 10.1. The van der Waals surface area contributed by atoms with Crippen LogP contribution in [0.15, 0.2) is 24.3 Å². The molecular formula is C15H15N7O6. The van der Waals surface area contributed by atoms with Crippen LogP contribution in [-0.4, -0.2) is 68.3 Å². The van der Waals surface area contributed by atoms with Gasteiger partial charge < -0.3 is 25.9 Å². The number of aromatic amines is 1. The summed E-state index contributed by atoms with van der Waals surface area (Å²) in [5.41, 5.74) is 0.661. The van der Waals surface area contributed by atoms with Crippen LogP contribution in [0.25, 0.3) is 11.4 Å². The Morgan fingerprint density at radius 2 is 1.93 bits per heavy atom. The van der Waals surface area contributed by atoms with Gasteiger partial charge in [-0.25, -0.2) is 0 Å². The minimum Gasteiger partial charge on any atom is -0.481 e. The van der Waals surface area contributed by atoms with Crippen LogP contribution in [0.3, 0.4) is 0 Å². The second-order valence-corrected chi connectivity index (χ2v) is 5.33. The number of para-hydroxylation sites is 1. The maximum Gasteiger partial charge on any atom is 0.313 e. The van der Waals surface area contributed by atoms with Crippen LogP contribution < -0.4 is 16.0 Å². The highest BCUT2D eigenvalue weighted by molar-refractivity contribution is 6.40. The van der Waals surface area contributed by atoms with Crippen molar-refractivity contribution >= 4 is 35.7 Å². The molecule has 0 fully saturated rings. The van der Waals surface area contributed by atoms with Gasteiger partial charge in [0.2, 0.25) is 11.7 Å². The summed E-state index contributed by atoms with van der Waals surface area (Å²) in [7, 11) is 0. The van der Waals surface area contributed by atoms with E-state index in [1.54, 1.807) is 18.2 Å². The number of anilines is 1. The second kappa shape index (κ2) is 9.51. The molecule has 1 aromatic heterocycles. The highest BCUT2D eigenvalue weighted by Crippen LogP contribution is 2.23. The summed E-state index contributed by atoms with van der Waals surface area (Å²) in [6.45, 7) is -0.622. The fraction of sp³-hybridized carbons (Fsp3) is 0.200. The van der Waals surface area contributed by atoms with Gasteiger partial charge >= 0.3 is 17.8 Å². The van der Waals surface area contributed by atoms with Crippen molar-refractivity contribution in [2.45, 2.75) is 12.5 Å². The third-order valence-corrected chi connectivity index (χ3v) is 3.28. The fourth-order valence-corrected chi connectivity index (χ4v) is 2.06. The Hall–Kier alpha value is -4.16. The van der Waals surface area contributed by atoms with Crippen molar-refractivity contribution in [3.05, 3.63) is 24.3 Å². The van der Waals surface area contributed by atoms with E-state index < -0.39 is 42.7 Å². The number of rotatable bonds is 8. The summed E-state index contributed by atoms with van der Waals surface area (Å²) in [4.78, 5) is 56.8. The van der Waals surface area contributed by atoms with E-state index in [0.717, 1.165) is 0 Å². The minimum atomic E-state index is -1.28. The van der Waals surface area contributed by atoms with Gasteiger partial charge in [0, 0.05) is 5.56 Å². The number of carbonyl (C=O) groups excluding carboxylic acids is 4. The number of hydrogen-bond acceptors (Lipinski definition) is 8. The summed E-state index contributed by atoms with van der Waals surface area (Å²) in [5, 5.41) is 28.4. The van der Waals surface area contributed by atoms with E-state index in [2.05, 4.69) is 36.6 Å². The molecule has 3 amide bonds. The third-order valence-electron chi connectivity index (χ3n) is 3.28. The van der Waals surface area contributed by atoms with E-state index >= 15 is 0 Å². The molecule has 28 heavy (non-hydrogen) atoms. The van der Waals surface area contributed by atoms with Crippen molar-refractivity contribution in [2.24, 2.45) is 0 Å². The molecule has 146 valence electrons. The lowest BCUT2D eigenvalue weighted by molar-refractivity contribution is -0.139. The Labute approximate surface area is 156 Å². The SMILES string of the molecule is O=C[C@H](CC(=O)O)NC(=O)CNC(=O)C(=O)Nc1ccccc1-c1nn[nH]n1. The summed E-state index contributed by atoms with van der Waals surface area (Å²) >= 11 is 0. The molecule has 0 aliphatic heterocycles. The molecule has 1 aromatic carbocycles. The van der Waals surface area contributed by atoms with Crippen LogP contribution in [0.2, 0.25) is 0 Å². The number of aromatic nitrogens is 4. The number of benzene rings is 1. The number of aliphatic carboxylic acids is 1. The molecule has 0 saturated heterocycles. The predicted molar refractivity (Wildman–Crippen MR) is 91.5 cm³/mol. The van der Waals surface area contributed by atoms with Gasteiger partial charge in [0.25, 0.3) is 0 Å². The van der Waals surface area contributed by atoms with Gasteiger partial charge in [0.1, 0.15) is 6.29 Å².